The van der Waals surface area contributed by atoms with Crippen molar-refractivity contribution in [1.82, 2.24) is 19.6 Å². The molecule has 2 heterocycles. The van der Waals surface area contributed by atoms with Crippen molar-refractivity contribution >= 4 is 44.8 Å². The van der Waals surface area contributed by atoms with E-state index in [1.165, 1.54) is 6.20 Å². The Labute approximate surface area is 240 Å². The van der Waals surface area contributed by atoms with Crippen LogP contribution in [0.25, 0.3) is 0 Å². The summed E-state index contributed by atoms with van der Waals surface area (Å²) in [5, 5.41) is 6.52. The van der Waals surface area contributed by atoms with Crippen molar-refractivity contribution in [2.45, 2.75) is 43.6 Å². The Morgan fingerprint density at radius 1 is 1.05 bits per heavy atom. The van der Waals surface area contributed by atoms with Crippen molar-refractivity contribution in [2.75, 3.05) is 43.9 Å². The molecule has 1 saturated heterocycles. The average Bonchev–Trinajstić information content (AvgIpc) is 3.77. The number of aromatic nitrogens is 2. The molecule has 1 saturated carbocycles. The molecule has 5 rings (SSSR count). The summed E-state index contributed by atoms with van der Waals surface area (Å²) in [6.45, 7) is 4.85. The number of likely N-dealkylation sites (tertiary alicyclic amines) is 1. The minimum atomic E-state index is -3.71. The highest BCUT2D eigenvalue weighted by atomic mass is 35.5. The molecule has 0 bridgehead atoms. The van der Waals surface area contributed by atoms with E-state index in [1.807, 2.05) is 25.1 Å². The summed E-state index contributed by atoms with van der Waals surface area (Å²) in [6, 6.07) is 12.3. The molecule has 40 heavy (non-hydrogen) atoms. The minimum Gasteiger partial charge on any atom is -0.492 e. The number of halogens is 1. The van der Waals surface area contributed by atoms with Crippen LogP contribution in [0, 0.1) is 5.92 Å². The normalized spacial score (nSPS) is 16.5. The van der Waals surface area contributed by atoms with Crippen LogP contribution in [-0.2, 0) is 10.0 Å². The Morgan fingerprint density at radius 3 is 2.58 bits per heavy atom. The Hall–Kier alpha value is -3.12. The molecule has 1 aromatic heterocycles. The van der Waals surface area contributed by atoms with Gasteiger partial charge in [0.1, 0.15) is 27.5 Å². The lowest BCUT2D eigenvalue weighted by Crippen LogP contribution is -2.35. The summed E-state index contributed by atoms with van der Waals surface area (Å²) in [5.41, 5.74) is 1.03. The quantitative estimate of drug-likeness (QED) is 0.264. The Morgan fingerprint density at radius 2 is 1.82 bits per heavy atom. The summed E-state index contributed by atoms with van der Waals surface area (Å²) < 4.78 is 40.8. The molecule has 0 spiro atoms. The first-order valence-electron chi connectivity index (χ1n) is 13.6. The van der Waals surface area contributed by atoms with Crippen LogP contribution in [-0.4, -0.2) is 62.7 Å². The number of piperidine rings is 1. The van der Waals surface area contributed by atoms with Crippen LogP contribution in [0.2, 0.25) is 5.02 Å². The molecule has 10 nitrogen and oxygen atoms in total. The van der Waals surface area contributed by atoms with E-state index < -0.39 is 10.0 Å². The number of hydrogen-bond acceptors (Lipinski definition) is 9. The first-order valence-corrected chi connectivity index (χ1v) is 15.4. The molecule has 1 aliphatic carbocycles. The predicted molar refractivity (Wildman–Crippen MR) is 157 cm³/mol. The van der Waals surface area contributed by atoms with Gasteiger partial charge in [0.25, 0.3) is 0 Å². The average molecular weight is 587 g/mol. The van der Waals surface area contributed by atoms with Gasteiger partial charge < -0.3 is 25.0 Å². The Bertz CT molecular complexity index is 1430. The first kappa shape index (κ1) is 28.4. The van der Waals surface area contributed by atoms with Crippen molar-refractivity contribution in [1.29, 1.82) is 0 Å². The SMILES string of the molecule is CCOc1cc(OC2CCN(C)CC2)ccc1Nc1ncc(Cl)c(Nc2ccccc2S(=O)(=O)NCC2CC2)n1. The standard InChI is InChI=1S/C28H35ClN6O4S/c1-3-38-25-16-21(39-20-12-14-35(2)15-13-20)10-11-23(25)33-28-30-18-22(29)27(34-28)32-24-6-4-5-7-26(24)40(36,37)31-17-19-8-9-19/h4-7,10-11,16,18-20,31H,3,8-9,12-15,17H2,1-2H3,(H2,30,32,33,34). The molecule has 3 aromatic rings. The monoisotopic (exact) mass is 586 g/mol. The number of sulfonamides is 1. The summed E-state index contributed by atoms with van der Waals surface area (Å²) in [4.78, 5) is 11.3. The summed E-state index contributed by atoms with van der Waals surface area (Å²) in [5.74, 6) is 2.31. The van der Waals surface area contributed by atoms with Gasteiger partial charge in [-0.05, 0) is 69.8 Å². The summed E-state index contributed by atoms with van der Waals surface area (Å²) >= 11 is 6.41. The molecule has 0 atom stereocenters. The number of nitrogens with one attached hydrogen (secondary N) is 3. The Kier molecular flexibility index (Phi) is 8.94. The third kappa shape index (κ3) is 7.34. The topological polar surface area (TPSA) is 118 Å². The summed E-state index contributed by atoms with van der Waals surface area (Å²) in [7, 11) is -1.59. The van der Waals surface area contributed by atoms with Gasteiger partial charge in [-0.2, -0.15) is 4.98 Å². The highest BCUT2D eigenvalue weighted by Crippen LogP contribution is 2.34. The maximum Gasteiger partial charge on any atom is 0.242 e. The largest absolute Gasteiger partial charge is 0.492 e. The fourth-order valence-corrected chi connectivity index (χ4v) is 5.86. The minimum absolute atomic E-state index is 0.124. The van der Waals surface area contributed by atoms with E-state index in [1.54, 1.807) is 24.3 Å². The number of ether oxygens (including phenoxy) is 2. The second-order valence-electron chi connectivity index (χ2n) is 10.1. The van der Waals surface area contributed by atoms with Crippen LogP contribution in [0.1, 0.15) is 32.6 Å². The van der Waals surface area contributed by atoms with E-state index in [4.69, 9.17) is 21.1 Å². The van der Waals surface area contributed by atoms with E-state index in [0.717, 1.165) is 44.5 Å². The second kappa shape index (κ2) is 12.6. The lowest BCUT2D eigenvalue weighted by molar-refractivity contribution is 0.114. The molecule has 214 valence electrons. The number of para-hydroxylation sites is 1. The molecular formula is C28H35ClN6O4S. The van der Waals surface area contributed by atoms with Crippen molar-refractivity contribution in [2.24, 2.45) is 5.92 Å². The molecule has 0 radical (unpaired) electrons. The number of anilines is 4. The fourth-order valence-electron chi connectivity index (χ4n) is 4.44. The van der Waals surface area contributed by atoms with Gasteiger partial charge in [0.05, 0.1) is 24.2 Å². The first-order chi connectivity index (χ1) is 19.3. The van der Waals surface area contributed by atoms with Crippen LogP contribution in [0.4, 0.5) is 23.1 Å². The zero-order valence-corrected chi connectivity index (χ0v) is 24.3. The third-order valence-corrected chi connectivity index (χ3v) is 8.66. The smallest absolute Gasteiger partial charge is 0.242 e. The zero-order chi connectivity index (χ0) is 28.1. The van der Waals surface area contributed by atoms with Crippen LogP contribution in [0.15, 0.2) is 53.6 Å². The maximum absolute atomic E-state index is 13.0. The second-order valence-corrected chi connectivity index (χ2v) is 12.3. The zero-order valence-electron chi connectivity index (χ0n) is 22.7. The lowest BCUT2D eigenvalue weighted by Gasteiger charge is -2.29. The third-order valence-electron chi connectivity index (χ3n) is 6.90. The number of rotatable bonds is 12. The molecule has 0 amide bonds. The van der Waals surface area contributed by atoms with Crippen LogP contribution in [0.3, 0.4) is 0 Å². The number of nitrogens with zero attached hydrogens (tertiary/aromatic N) is 3. The number of hydrogen-bond donors (Lipinski definition) is 3. The van der Waals surface area contributed by atoms with Crippen molar-refractivity contribution in [3.8, 4) is 11.5 Å². The van der Waals surface area contributed by atoms with Gasteiger partial charge in [-0.15, -0.1) is 0 Å². The van der Waals surface area contributed by atoms with Crippen LogP contribution < -0.4 is 24.8 Å². The molecule has 12 heteroatoms. The molecule has 1 aliphatic heterocycles. The summed E-state index contributed by atoms with van der Waals surface area (Å²) in [6.07, 6.45) is 5.70. The van der Waals surface area contributed by atoms with E-state index in [0.29, 0.717) is 36.2 Å². The van der Waals surface area contributed by atoms with E-state index >= 15 is 0 Å². The molecule has 2 aromatic carbocycles. The van der Waals surface area contributed by atoms with Gasteiger partial charge in [0.15, 0.2) is 5.82 Å². The van der Waals surface area contributed by atoms with E-state index in [2.05, 4.69) is 37.3 Å². The molecule has 3 N–H and O–H groups in total. The maximum atomic E-state index is 13.0. The van der Waals surface area contributed by atoms with Crippen molar-refractivity contribution in [3.05, 3.63) is 53.7 Å². The van der Waals surface area contributed by atoms with E-state index in [-0.39, 0.29) is 27.8 Å². The highest BCUT2D eigenvalue weighted by Gasteiger charge is 2.26. The van der Waals surface area contributed by atoms with Gasteiger partial charge in [-0.25, -0.2) is 18.1 Å². The molecular weight excluding hydrogens is 552 g/mol. The Balaban J connectivity index is 1.33. The number of benzene rings is 2. The van der Waals surface area contributed by atoms with Gasteiger partial charge in [-0.3, -0.25) is 0 Å². The molecule has 2 fully saturated rings. The van der Waals surface area contributed by atoms with Crippen LogP contribution in [0.5, 0.6) is 11.5 Å². The van der Waals surface area contributed by atoms with Crippen molar-refractivity contribution in [3.63, 3.8) is 0 Å². The highest BCUT2D eigenvalue weighted by molar-refractivity contribution is 7.89. The van der Waals surface area contributed by atoms with E-state index in [9.17, 15) is 8.42 Å². The molecule has 2 aliphatic rings. The van der Waals surface area contributed by atoms with Gasteiger partial charge >= 0.3 is 0 Å². The van der Waals surface area contributed by atoms with Gasteiger partial charge in [-0.1, -0.05) is 23.7 Å². The predicted octanol–water partition coefficient (Wildman–Crippen LogP) is 5.18. The molecule has 0 unspecified atom stereocenters. The van der Waals surface area contributed by atoms with Crippen molar-refractivity contribution < 1.29 is 17.9 Å². The van der Waals surface area contributed by atoms with Gasteiger partial charge in [0.2, 0.25) is 16.0 Å². The van der Waals surface area contributed by atoms with Crippen LogP contribution >= 0.6 is 11.6 Å². The van der Waals surface area contributed by atoms with Gasteiger partial charge in [0, 0.05) is 25.7 Å². The fraction of sp³-hybridized carbons (Fsp3) is 0.429. The lowest BCUT2D eigenvalue weighted by atomic mass is 10.1.